The average molecular weight is 327 g/mol. The van der Waals surface area contributed by atoms with E-state index in [1.54, 1.807) is 0 Å². The molecule has 1 amide bonds. The Kier molecular flexibility index (Phi) is 5.56. The quantitative estimate of drug-likeness (QED) is 0.907. The van der Waals surface area contributed by atoms with E-state index in [4.69, 9.17) is 0 Å². The Hall–Kier alpha value is -2.24. The molecule has 1 aliphatic heterocycles. The van der Waals surface area contributed by atoms with Gasteiger partial charge in [-0.05, 0) is 61.5 Å². The van der Waals surface area contributed by atoms with Crippen molar-refractivity contribution in [2.24, 2.45) is 0 Å². The molecule has 1 heterocycles. The van der Waals surface area contributed by atoms with E-state index in [1.165, 1.54) is 29.8 Å². The fraction of sp³-hybridized carbons (Fsp3) is 0.316. The lowest BCUT2D eigenvalue weighted by atomic mass is 10.1. The van der Waals surface area contributed by atoms with Crippen LogP contribution in [0.4, 0.5) is 10.1 Å². The van der Waals surface area contributed by atoms with Gasteiger partial charge in [0.1, 0.15) is 5.82 Å². The largest absolute Gasteiger partial charge is 0.322 e. The van der Waals surface area contributed by atoms with Crippen LogP contribution in [0.1, 0.15) is 22.3 Å². The maximum atomic E-state index is 12.9. The number of hydrogen-bond acceptors (Lipinski definition) is 3. The Morgan fingerprint density at radius 3 is 2.79 bits per heavy atom. The molecule has 0 spiro atoms. The lowest BCUT2D eigenvalue weighted by Gasteiger charge is -2.19. The van der Waals surface area contributed by atoms with Gasteiger partial charge in [0.2, 0.25) is 0 Å². The number of carbonyl (C=O) groups excluding carboxylic acids is 1. The topological polar surface area (TPSA) is 44.4 Å². The van der Waals surface area contributed by atoms with Gasteiger partial charge in [-0.3, -0.25) is 9.69 Å². The predicted molar refractivity (Wildman–Crippen MR) is 93.6 cm³/mol. The van der Waals surface area contributed by atoms with Crippen LogP contribution in [0.25, 0.3) is 0 Å². The number of anilines is 1. The highest BCUT2D eigenvalue weighted by atomic mass is 19.1. The van der Waals surface area contributed by atoms with Crippen molar-refractivity contribution in [1.82, 2.24) is 10.2 Å². The standard InChI is InChI=1S/C19H22FN3O/c20-17-7-5-16(6-8-17)19(24)22-18-4-1-3-15(13-18)14-23-11-2-9-21-10-12-23/h1,3-8,13,21H,2,9-12,14H2,(H,22,24). The minimum absolute atomic E-state index is 0.230. The van der Waals surface area contributed by atoms with Gasteiger partial charge in [0.05, 0.1) is 0 Å². The smallest absolute Gasteiger partial charge is 0.255 e. The van der Waals surface area contributed by atoms with E-state index in [2.05, 4.69) is 21.6 Å². The van der Waals surface area contributed by atoms with Crippen molar-refractivity contribution in [3.63, 3.8) is 0 Å². The first-order valence-electron chi connectivity index (χ1n) is 8.30. The lowest BCUT2D eigenvalue weighted by molar-refractivity contribution is 0.102. The molecule has 5 heteroatoms. The molecule has 0 aliphatic carbocycles. The zero-order valence-corrected chi connectivity index (χ0v) is 13.6. The summed E-state index contributed by atoms with van der Waals surface area (Å²) in [6, 6.07) is 13.4. The van der Waals surface area contributed by atoms with Crippen molar-refractivity contribution < 1.29 is 9.18 Å². The van der Waals surface area contributed by atoms with Crippen LogP contribution in [0.15, 0.2) is 48.5 Å². The molecule has 0 aromatic heterocycles. The molecule has 126 valence electrons. The second-order valence-electron chi connectivity index (χ2n) is 6.04. The lowest BCUT2D eigenvalue weighted by Crippen LogP contribution is -2.27. The van der Waals surface area contributed by atoms with E-state index in [9.17, 15) is 9.18 Å². The number of hydrogen-bond donors (Lipinski definition) is 2. The molecule has 4 nitrogen and oxygen atoms in total. The molecule has 0 radical (unpaired) electrons. The van der Waals surface area contributed by atoms with Crippen LogP contribution < -0.4 is 10.6 Å². The molecule has 3 rings (SSSR count). The number of nitrogens with zero attached hydrogens (tertiary/aromatic N) is 1. The fourth-order valence-corrected chi connectivity index (χ4v) is 2.87. The minimum Gasteiger partial charge on any atom is -0.322 e. The van der Waals surface area contributed by atoms with E-state index in [0.29, 0.717) is 5.56 Å². The molecule has 1 fully saturated rings. The Labute approximate surface area is 141 Å². The molecule has 1 saturated heterocycles. The predicted octanol–water partition coefficient (Wildman–Crippen LogP) is 2.87. The van der Waals surface area contributed by atoms with Gasteiger partial charge >= 0.3 is 0 Å². The highest BCUT2D eigenvalue weighted by Gasteiger charge is 2.10. The molecule has 24 heavy (non-hydrogen) atoms. The summed E-state index contributed by atoms with van der Waals surface area (Å²) in [5.74, 6) is -0.577. The maximum absolute atomic E-state index is 12.9. The summed E-state index contributed by atoms with van der Waals surface area (Å²) >= 11 is 0. The highest BCUT2D eigenvalue weighted by molar-refractivity contribution is 6.04. The Morgan fingerprint density at radius 1 is 1.12 bits per heavy atom. The summed E-state index contributed by atoms with van der Waals surface area (Å²) in [6.45, 7) is 5.08. The summed E-state index contributed by atoms with van der Waals surface area (Å²) in [5, 5.41) is 6.27. The van der Waals surface area contributed by atoms with Crippen LogP contribution in [0.3, 0.4) is 0 Å². The van der Waals surface area contributed by atoms with Gasteiger partial charge in [0.25, 0.3) is 5.91 Å². The van der Waals surface area contributed by atoms with Gasteiger partial charge in [-0.2, -0.15) is 0 Å². The maximum Gasteiger partial charge on any atom is 0.255 e. The molecule has 0 atom stereocenters. The molecule has 0 unspecified atom stereocenters. The van der Waals surface area contributed by atoms with Crippen LogP contribution >= 0.6 is 0 Å². The molecular weight excluding hydrogens is 305 g/mol. The number of benzene rings is 2. The first kappa shape index (κ1) is 16.6. The molecular formula is C19H22FN3O. The van der Waals surface area contributed by atoms with Crippen molar-refractivity contribution in [3.8, 4) is 0 Å². The third-order valence-corrected chi connectivity index (χ3v) is 4.13. The molecule has 2 aromatic carbocycles. The van der Waals surface area contributed by atoms with Gasteiger partial charge in [-0.15, -0.1) is 0 Å². The van der Waals surface area contributed by atoms with E-state index < -0.39 is 0 Å². The monoisotopic (exact) mass is 327 g/mol. The van der Waals surface area contributed by atoms with E-state index >= 15 is 0 Å². The normalized spacial score (nSPS) is 15.7. The number of nitrogens with one attached hydrogen (secondary N) is 2. The zero-order chi connectivity index (χ0) is 16.8. The number of halogens is 1. The summed E-state index contributed by atoms with van der Waals surface area (Å²) in [6.07, 6.45) is 1.15. The van der Waals surface area contributed by atoms with Gasteiger partial charge in [-0.1, -0.05) is 12.1 Å². The van der Waals surface area contributed by atoms with Crippen LogP contribution in [-0.2, 0) is 6.54 Å². The van der Waals surface area contributed by atoms with Crippen LogP contribution in [0.2, 0.25) is 0 Å². The van der Waals surface area contributed by atoms with Gasteiger partial charge in [0.15, 0.2) is 0 Å². The van der Waals surface area contributed by atoms with Crippen LogP contribution in [0, 0.1) is 5.82 Å². The van der Waals surface area contributed by atoms with Crippen molar-refractivity contribution in [2.75, 3.05) is 31.5 Å². The second kappa shape index (κ2) is 8.04. The molecule has 0 saturated carbocycles. The first-order valence-corrected chi connectivity index (χ1v) is 8.30. The van der Waals surface area contributed by atoms with Gasteiger partial charge < -0.3 is 10.6 Å². The first-order chi connectivity index (χ1) is 11.7. The Balaban J connectivity index is 1.64. The number of carbonyl (C=O) groups is 1. The van der Waals surface area contributed by atoms with E-state index in [0.717, 1.165) is 44.8 Å². The summed E-state index contributed by atoms with van der Waals surface area (Å²) in [5.41, 5.74) is 2.38. The van der Waals surface area contributed by atoms with Crippen molar-refractivity contribution >= 4 is 11.6 Å². The third-order valence-electron chi connectivity index (χ3n) is 4.13. The second-order valence-corrected chi connectivity index (χ2v) is 6.04. The van der Waals surface area contributed by atoms with Gasteiger partial charge in [0, 0.05) is 30.9 Å². The number of amides is 1. The molecule has 2 aromatic rings. The van der Waals surface area contributed by atoms with Crippen molar-refractivity contribution in [1.29, 1.82) is 0 Å². The van der Waals surface area contributed by atoms with Crippen LogP contribution in [0.5, 0.6) is 0 Å². The molecule has 1 aliphatic rings. The summed E-state index contributed by atoms with van der Waals surface area (Å²) in [7, 11) is 0. The minimum atomic E-state index is -0.347. The highest BCUT2D eigenvalue weighted by Crippen LogP contribution is 2.15. The third kappa shape index (κ3) is 4.63. The molecule has 0 bridgehead atoms. The summed E-state index contributed by atoms with van der Waals surface area (Å²) in [4.78, 5) is 14.6. The average Bonchev–Trinajstić information content (AvgIpc) is 2.84. The Bertz CT molecular complexity index is 679. The molecule has 2 N–H and O–H groups in total. The van der Waals surface area contributed by atoms with Crippen molar-refractivity contribution in [3.05, 3.63) is 65.5 Å². The van der Waals surface area contributed by atoms with E-state index in [-0.39, 0.29) is 11.7 Å². The Morgan fingerprint density at radius 2 is 1.96 bits per heavy atom. The summed E-state index contributed by atoms with van der Waals surface area (Å²) < 4.78 is 12.9. The SMILES string of the molecule is O=C(Nc1cccc(CN2CCCNCC2)c1)c1ccc(F)cc1. The van der Waals surface area contributed by atoms with Crippen LogP contribution in [-0.4, -0.2) is 37.0 Å². The zero-order valence-electron chi connectivity index (χ0n) is 13.6. The van der Waals surface area contributed by atoms with E-state index in [1.807, 2.05) is 18.2 Å². The fourth-order valence-electron chi connectivity index (χ4n) is 2.87. The number of rotatable bonds is 4. The van der Waals surface area contributed by atoms with Crippen molar-refractivity contribution in [2.45, 2.75) is 13.0 Å². The van der Waals surface area contributed by atoms with Gasteiger partial charge in [-0.25, -0.2) is 4.39 Å².